The van der Waals surface area contributed by atoms with Crippen molar-refractivity contribution in [2.45, 2.75) is 33.0 Å². The molecule has 0 aromatic heterocycles. The van der Waals surface area contributed by atoms with Gasteiger partial charge in [-0.1, -0.05) is 13.8 Å². The van der Waals surface area contributed by atoms with Gasteiger partial charge >= 0.3 is 5.97 Å². The van der Waals surface area contributed by atoms with Crippen LogP contribution in [0.4, 0.5) is 0 Å². The second-order valence-electron chi connectivity index (χ2n) is 4.71. The first kappa shape index (κ1) is 18.3. The van der Waals surface area contributed by atoms with Gasteiger partial charge in [0.25, 0.3) is 0 Å². The molecule has 8 heteroatoms. The summed E-state index contributed by atoms with van der Waals surface area (Å²) in [6.45, 7) is 5.65. The fraction of sp³-hybridized carbons (Fsp3) is 0.909. The number of nitrogens with two attached hydrogens (primary N) is 1. The Hall–Kier alpha value is -0.700. The van der Waals surface area contributed by atoms with E-state index in [0.717, 1.165) is 6.26 Å². The summed E-state index contributed by atoms with van der Waals surface area (Å²) >= 11 is 0. The number of carbonyl (C=O) groups excluding carboxylic acids is 1. The van der Waals surface area contributed by atoms with E-state index in [1.54, 1.807) is 0 Å². The van der Waals surface area contributed by atoms with Gasteiger partial charge in [0.2, 0.25) is 10.0 Å². The molecular formula is C11H24N2O5S. The van der Waals surface area contributed by atoms with Crippen molar-refractivity contribution < 1.29 is 22.7 Å². The molecule has 0 aromatic rings. The van der Waals surface area contributed by atoms with Crippen molar-refractivity contribution >= 4 is 16.0 Å². The fourth-order valence-electron chi connectivity index (χ4n) is 1.10. The van der Waals surface area contributed by atoms with Gasteiger partial charge in [-0.15, -0.1) is 0 Å². The van der Waals surface area contributed by atoms with E-state index in [0.29, 0.717) is 0 Å². The second-order valence-corrected chi connectivity index (χ2v) is 6.55. The zero-order valence-electron chi connectivity index (χ0n) is 11.9. The van der Waals surface area contributed by atoms with Crippen LogP contribution < -0.4 is 10.5 Å². The maximum atomic E-state index is 11.1. The summed E-state index contributed by atoms with van der Waals surface area (Å²) in [6, 6.07) is 0. The fourth-order valence-corrected chi connectivity index (χ4v) is 1.58. The highest BCUT2D eigenvalue weighted by Crippen LogP contribution is 2.09. The molecule has 0 aliphatic carbocycles. The predicted molar refractivity (Wildman–Crippen MR) is 72.0 cm³/mol. The lowest BCUT2D eigenvalue weighted by Gasteiger charge is -2.24. The Morgan fingerprint density at radius 2 is 1.89 bits per heavy atom. The molecule has 7 nitrogen and oxygen atoms in total. The lowest BCUT2D eigenvalue weighted by atomic mass is 10.1. The van der Waals surface area contributed by atoms with Gasteiger partial charge in [-0.2, -0.15) is 0 Å². The highest BCUT2D eigenvalue weighted by molar-refractivity contribution is 7.88. The van der Waals surface area contributed by atoms with E-state index in [1.165, 1.54) is 0 Å². The topological polar surface area (TPSA) is 108 Å². The van der Waals surface area contributed by atoms with Crippen LogP contribution in [0, 0.1) is 5.92 Å². The highest BCUT2D eigenvalue weighted by Gasteiger charge is 2.19. The summed E-state index contributed by atoms with van der Waals surface area (Å²) in [4.78, 5) is 11.0. The molecular weight excluding hydrogens is 272 g/mol. The Balaban J connectivity index is 4.41. The zero-order valence-corrected chi connectivity index (χ0v) is 12.7. The normalized spacial score (nSPS) is 15.3. The Labute approximate surface area is 114 Å². The van der Waals surface area contributed by atoms with Crippen LogP contribution in [-0.2, 0) is 24.3 Å². The Morgan fingerprint density at radius 3 is 2.32 bits per heavy atom. The van der Waals surface area contributed by atoms with Gasteiger partial charge in [0.05, 0.1) is 18.9 Å². The minimum atomic E-state index is -3.31. The molecule has 0 fully saturated rings. The van der Waals surface area contributed by atoms with Gasteiger partial charge in [-0.25, -0.2) is 13.1 Å². The first-order valence-electron chi connectivity index (χ1n) is 6.11. The van der Waals surface area contributed by atoms with Gasteiger partial charge < -0.3 is 15.2 Å². The third kappa shape index (κ3) is 9.83. The van der Waals surface area contributed by atoms with E-state index in [9.17, 15) is 13.2 Å². The lowest BCUT2D eigenvalue weighted by molar-refractivity contribution is -0.148. The van der Waals surface area contributed by atoms with Crippen molar-refractivity contribution in [1.82, 2.24) is 4.72 Å². The van der Waals surface area contributed by atoms with Crippen LogP contribution in [-0.4, -0.2) is 52.5 Å². The molecule has 0 unspecified atom stereocenters. The number of hydrogen-bond donors (Lipinski definition) is 2. The standard InChI is InChI=1S/C11H24N2O5S/c1-8(2)9(3)18-10(6-13-19(4,15)16)7-17-11(14)5-12/h8-10,13H,5-7,12H2,1-4H3/t9-,10-/m0/s1. The molecule has 19 heavy (non-hydrogen) atoms. The lowest BCUT2D eigenvalue weighted by Crippen LogP contribution is -2.39. The largest absolute Gasteiger partial charge is 0.462 e. The van der Waals surface area contributed by atoms with Crippen molar-refractivity contribution in [3.63, 3.8) is 0 Å². The number of ether oxygens (including phenoxy) is 2. The van der Waals surface area contributed by atoms with Crippen LogP contribution in [0.1, 0.15) is 20.8 Å². The van der Waals surface area contributed by atoms with Crippen molar-refractivity contribution in [1.29, 1.82) is 0 Å². The Kier molecular flexibility index (Phi) is 8.15. The number of sulfonamides is 1. The Morgan fingerprint density at radius 1 is 1.32 bits per heavy atom. The quantitative estimate of drug-likeness (QED) is 0.554. The molecule has 0 rings (SSSR count). The van der Waals surface area contributed by atoms with Gasteiger partial charge in [0.1, 0.15) is 12.7 Å². The number of rotatable bonds is 9. The van der Waals surface area contributed by atoms with Gasteiger partial charge in [0, 0.05) is 6.54 Å². The number of hydrogen-bond acceptors (Lipinski definition) is 6. The maximum Gasteiger partial charge on any atom is 0.319 e. The van der Waals surface area contributed by atoms with E-state index in [4.69, 9.17) is 15.2 Å². The van der Waals surface area contributed by atoms with Crippen molar-refractivity contribution in [3.8, 4) is 0 Å². The molecule has 0 aromatic carbocycles. The van der Waals surface area contributed by atoms with Crippen LogP contribution in [0.3, 0.4) is 0 Å². The summed E-state index contributed by atoms with van der Waals surface area (Å²) in [5.41, 5.74) is 5.12. The van der Waals surface area contributed by atoms with E-state index in [2.05, 4.69) is 4.72 Å². The molecule has 0 aliphatic heterocycles. The third-order valence-electron chi connectivity index (χ3n) is 2.52. The third-order valence-corrected chi connectivity index (χ3v) is 3.21. The maximum absolute atomic E-state index is 11.1. The van der Waals surface area contributed by atoms with E-state index >= 15 is 0 Å². The van der Waals surface area contributed by atoms with Crippen molar-refractivity contribution in [2.24, 2.45) is 11.7 Å². The van der Waals surface area contributed by atoms with Crippen LogP contribution in [0.5, 0.6) is 0 Å². The van der Waals surface area contributed by atoms with Gasteiger partial charge in [-0.3, -0.25) is 4.79 Å². The average Bonchev–Trinajstić information content (AvgIpc) is 2.30. The van der Waals surface area contributed by atoms with E-state index in [1.807, 2.05) is 20.8 Å². The van der Waals surface area contributed by atoms with E-state index < -0.39 is 22.1 Å². The highest BCUT2D eigenvalue weighted by atomic mass is 32.2. The number of carbonyl (C=O) groups is 1. The number of esters is 1. The van der Waals surface area contributed by atoms with Crippen LogP contribution >= 0.6 is 0 Å². The predicted octanol–water partition coefficient (Wildman–Crippen LogP) is -0.533. The summed E-state index contributed by atoms with van der Waals surface area (Å²) in [7, 11) is -3.31. The second kappa shape index (κ2) is 8.47. The van der Waals surface area contributed by atoms with E-state index in [-0.39, 0.29) is 31.7 Å². The summed E-state index contributed by atoms with van der Waals surface area (Å²) in [6.07, 6.45) is 0.438. The Bertz CT molecular complexity index is 369. The summed E-state index contributed by atoms with van der Waals surface area (Å²) in [5, 5.41) is 0. The van der Waals surface area contributed by atoms with Crippen molar-refractivity contribution in [2.75, 3.05) is 26.0 Å². The van der Waals surface area contributed by atoms with Crippen molar-refractivity contribution in [3.05, 3.63) is 0 Å². The molecule has 0 spiro atoms. The molecule has 0 saturated carbocycles. The zero-order chi connectivity index (χ0) is 15.1. The monoisotopic (exact) mass is 296 g/mol. The molecule has 0 heterocycles. The minimum Gasteiger partial charge on any atom is -0.462 e. The van der Waals surface area contributed by atoms with Crippen LogP contribution in [0.25, 0.3) is 0 Å². The molecule has 0 amide bonds. The van der Waals surface area contributed by atoms with Crippen LogP contribution in [0.2, 0.25) is 0 Å². The first-order chi connectivity index (χ1) is 8.65. The van der Waals surface area contributed by atoms with Gasteiger partial charge in [-0.05, 0) is 12.8 Å². The molecule has 0 aliphatic rings. The van der Waals surface area contributed by atoms with Crippen LogP contribution in [0.15, 0.2) is 0 Å². The van der Waals surface area contributed by atoms with Gasteiger partial charge in [0.15, 0.2) is 0 Å². The first-order valence-corrected chi connectivity index (χ1v) is 8.00. The summed E-state index contributed by atoms with van der Waals surface area (Å²) < 4.78 is 35.0. The average molecular weight is 296 g/mol. The molecule has 114 valence electrons. The molecule has 2 atom stereocenters. The molecule has 0 saturated heterocycles. The molecule has 3 N–H and O–H groups in total. The summed E-state index contributed by atoms with van der Waals surface area (Å²) in [5.74, 6) is -0.281. The minimum absolute atomic E-state index is 0.0321. The number of nitrogens with one attached hydrogen (secondary N) is 1. The smallest absolute Gasteiger partial charge is 0.319 e. The SMILES string of the molecule is CC(C)[C@H](C)O[C@@H](CNS(C)(=O)=O)COC(=O)CN. The molecule has 0 bridgehead atoms. The molecule has 0 radical (unpaired) electrons.